The maximum absolute atomic E-state index is 11.8. The Morgan fingerprint density at radius 1 is 1.59 bits per heavy atom. The lowest BCUT2D eigenvalue weighted by Crippen LogP contribution is -2.13. The molecule has 0 amide bonds. The summed E-state index contributed by atoms with van der Waals surface area (Å²) >= 11 is 1.58. The van der Waals surface area contributed by atoms with Gasteiger partial charge < -0.3 is 10.1 Å². The van der Waals surface area contributed by atoms with E-state index in [0.29, 0.717) is 19.1 Å². The van der Waals surface area contributed by atoms with Crippen LogP contribution in [0.15, 0.2) is 5.38 Å². The van der Waals surface area contributed by atoms with Crippen LogP contribution in [-0.2, 0) is 11.2 Å². The summed E-state index contributed by atoms with van der Waals surface area (Å²) in [6.07, 6.45) is 0.550. The Morgan fingerprint density at radius 2 is 2.47 bits per heavy atom. The van der Waals surface area contributed by atoms with Crippen LogP contribution in [0.2, 0.25) is 0 Å². The zero-order valence-electron chi connectivity index (χ0n) is 9.49. The Balaban J connectivity index is 1.74. The first kappa shape index (κ1) is 12.9. The first-order chi connectivity index (χ1) is 8.25. The largest absolute Gasteiger partial charge is 0.375 e. The normalized spacial score (nSPS) is 20.3. The van der Waals surface area contributed by atoms with E-state index in [-0.39, 0.29) is 0 Å². The summed E-state index contributed by atoms with van der Waals surface area (Å²) < 4.78 is 28.5. The van der Waals surface area contributed by atoms with Gasteiger partial charge in [-0.15, -0.1) is 11.3 Å². The van der Waals surface area contributed by atoms with E-state index in [4.69, 9.17) is 4.74 Å². The lowest BCUT2D eigenvalue weighted by Gasteiger charge is -2.05. The molecule has 1 aliphatic heterocycles. The predicted molar refractivity (Wildman–Crippen MR) is 62.6 cm³/mol. The Morgan fingerprint density at radius 3 is 3.18 bits per heavy atom. The Hall–Kier alpha value is -0.590. The van der Waals surface area contributed by atoms with Crippen LogP contribution >= 0.6 is 11.3 Å². The smallest absolute Gasteiger partial charge is 0.261 e. The van der Waals surface area contributed by atoms with Crippen LogP contribution in [0.25, 0.3) is 0 Å². The van der Waals surface area contributed by atoms with Crippen molar-refractivity contribution in [3.63, 3.8) is 0 Å². The van der Waals surface area contributed by atoms with Crippen LogP contribution in [0.1, 0.15) is 29.6 Å². The number of hydrogen-bond donors (Lipinski definition) is 1. The monoisotopic (exact) mass is 262 g/mol. The molecule has 1 atom stereocenters. The highest BCUT2D eigenvalue weighted by Gasteiger charge is 2.18. The van der Waals surface area contributed by atoms with E-state index in [2.05, 4.69) is 10.3 Å². The van der Waals surface area contributed by atoms with Gasteiger partial charge in [-0.1, -0.05) is 0 Å². The molecule has 17 heavy (non-hydrogen) atoms. The first-order valence-electron chi connectivity index (χ1n) is 5.79. The molecule has 2 heterocycles. The molecular formula is C11H16F2N2OS. The van der Waals surface area contributed by atoms with Gasteiger partial charge in [-0.2, -0.15) is 0 Å². The van der Waals surface area contributed by atoms with Gasteiger partial charge in [-0.25, -0.2) is 13.8 Å². The Kier molecular flexibility index (Phi) is 4.82. The van der Waals surface area contributed by atoms with Crippen molar-refractivity contribution in [2.24, 2.45) is 0 Å². The molecule has 0 radical (unpaired) electrons. The third-order valence-corrected chi connectivity index (χ3v) is 3.62. The van der Waals surface area contributed by atoms with Crippen LogP contribution in [-0.4, -0.2) is 31.2 Å². The van der Waals surface area contributed by atoms with Gasteiger partial charge in [0, 0.05) is 11.8 Å². The molecule has 0 saturated carbocycles. The predicted octanol–water partition coefficient (Wildman–Crippen LogP) is 2.39. The standard InChI is InChI=1S/C11H16F2N2OS/c12-10(13)6-16-5-3-11-15-9(7-17-11)8-2-1-4-14-8/h7-8,10,14H,1-6H2. The van der Waals surface area contributed by atoms with Crippen molar-refractivity contribution in [3.05, 3.63) is 16.1 Å². The van der Waals surface area contributed by atoms with Crippen molar-refractivity contribution in [3.8, 4) is 0 Å². The van der Waals surface area contributed by atoms with E-state index in [1.807, 2.05) is 5.38 Å². The van der Waals surface area contributed by atoms with Crippen LogP contribution in [0.4, 0.5) is 8.78 Å². The summed E-state index contributed by atoms with van der Waals surface area (Å²) in [5.74, 6) is 0. The first-order valence-corrected chi connectivity index (χ1v) is 6.67. The topological polar surface area (TPSA) is 34.1 Å². The fraction of sp³-hybridized carbons (Fsp3) is 0.727. The Labute approximate surface area is 103 Å². The molecule has 0 aliphatic carbocycles. The number of hydrogen-bond acceptors (Lipinski definition) is 4. The van der Waals surface area contributed by atoms with Crippen molar-refractivity contribution in [1.29, 1.82) is 0 Å². The molecule has 2 rings (SSSR count). The molecule has 0 spiro atoms. The van der Waals surface area contributed by atoms with Crippen LogP contribution in [0.5, 0.6) is 0 Å². The van der Waals surface area contributed by atoms with Gasteiger partial charge in [0.2, 0.25) is 0 Å². The maximum Gasteiger partial charge on any atom is 0.261 e. The zero-order valence-corrected chi connectivity index (χ0v) is 10.3. The van der Waals surface area contributed by atoms with E-state index in [0.717, 1.165) is 23.7 Å². The van der Waals surface area contributed by atoms with Gasteiger partial charge in [0.15, 0.2) is 0 Å². The van der Waals surface area contributed by atoms with Gasteiger partial charge in [0.05, 0.1) is 23.4 Å². The van der Waals surface area contributed by atoms with Gasteiger partial charge in [0.1, 0.15) is 6.61 Å². The van der Waals surface area contributed by atoms with Crippen molar-refractivity contribution in [1.82, 2.24) is 10.3 Å². The van der Waals surface area contributed by atoms with Crippen molar-refractivity contribution < 1.29 is 13.5 Å². The van der Waals surface area contributed by atoms with Gasteiger partial charge >= 0.3 is 0 Å². The zero-order chi connectivity index (χ0) is 12.1. The lowest BCUT2D eigenvalue weighted by molar-refractivity contribution is 0.0187. The molecule has 0 bridgehead atoms. The number of nitrogens with zero attached hydrogens (tertiary/aromatic N) is 1. The quantitative estimate of drug-likeness (QED) is 0.799. The highest BCUT2D eigenvalue weighted by Crippen LogP contribution is 2.24. The summed E-state index contributed by atoms with van der Waals surface area (Å²) in [5, 5.41) is 6.39. The number of aromatic nitrogens is 1. The second kappa shape index (κ2) is 6.37. The van der Waals surface area contributed by atoms with Gasteiger partial charge in [0.25, 0.3) is 6.43 Å². The van der Waals surface area contributed by atoms with E-state index in [1.54, 1.807) is 11.3 Å². The molecule has 0 aromatic carbocycles. The van der Waals surface area contributed by atoms with Crippen molar-refractivity contribution >= 4 is 11.3 Å². The number of rotatable bonds is 6. The van der Waals surface area contributed by atoms with E-state index in [9.17, 15) is 8.78 Å². The number of alkyl halides is 2. The average molecular weight is 262 g/mol. The second-order valence-corrected chi connectivity index (χ2v) is 4.97. The molecule has 3 nitrogen and oxygen atoms in total. The molecule has 1 unspecified atom stereocenters. The minimum absolute atomic E-state index is 0.315. The highest BCUT2D eigenvalue weighted by atomic mass is 32.1. The third kappa shape index (κ3) is 3.97. The molecule has 96 valence electrons. The van der Waals surface area contributed by atoms with Crippen molar-refractivity contribution in [2.45, 2.75) is 31.7 Å². The molecule has 1 saturated heterocycles. The van der Waals surface area contributed by atoms with Gasteiger partial charge in [-0.3, -0.25) is 0 Å². The van der Waals surface area contributed by atoms with Crippen molar-refractivity contribution in [2.75, 3.05) is 19.8 Å². The number of halogens is 2. The van der Waals surface area contributed by atoms with E-state index >= 15 is 0 Å². The second-order valence-electron chi connectivity index (χ2n) is 4.03. The molecular weight excluding hydrogens is 246 g/mol. The molecule has 1 fully saturated rings. The van der Waals surface area contributed by atoms with Crippen LogP contribution < -0.4 is 5.32 Å². The van der Waals surface area contributed by atoms with Crippen LogP contribution in [0, 0.1) is 0 Å². The summed E-state index contributed by atoms with van der Waals surface area (Å²) in [4.78, 5) is 4.50. The maximum atomic E-state index is 11.8. The summed E-state index contributed by atoms with van der Waals surface area (Å²) in [6.45, 7) is 0.882. The van der Waals surface area contributed by atoms with Gasteiger partial charge in [-0.05, 0) is 19.4 Å². The molecule has 1 N–H and O–H groups in total. The number of thiazole rings is 1. The summed E-state index contributed by atoms with van der Waals surface area (Å²) in [7, 11) is 0. The number of nitrogens with one attached hydrogen (secondary N) is 1. The molecule has 1 aromatic rings. The molecule has 6 heteroatoms. The van der Waals surface area contributed by atoms with Crippen LogP contribution in [0.3, 0.4) is 0 Å². The summed E-state index contributed by atoms with van der Waals surface area (Å²) in [5.41, 5.74) is 1.08. The minimum Gasteiger partial charge on any atom is -0.375 e. The minimum atomic E-state index is -2.38. The SMILES string of the molecule is FC(F)COCCc1nc(C2CCCN2)cs1. The van der Waals surface area contributed by atoms with E-state index in [1.165, 1.54) is 6.42 Å². The van der Waals surface area contributed by atoms with E-state index < -0.39 is 13.0 Å². The fourth-order valence-electron chi connectivity index (χ4n) is 1.87. The highest BCUT2D eigenvalue weighted by molar-refractivity contribution is 7.09. The lowest BCUT2D eigenvalue weighted by atomic mass is 10.2. The number of ether oxygens (including phenoxy) is 1. The average Bonchev–Trinajstić information content (AvgIpc) is 2.94. The fourth-order valence-corrected chi connectivity index (χ4v) is 2.70. The third-order valence-electron chi connectivity index (χ3n) is 2.69. The summed E-state index contributed by atoms with van der Waals surface area (Å²) in [6, 6.07) is 0.377. The Bertz CT molecular complexity index is 340. The molecule has 1 aromatic heterocycles. The molecule has 1 aliphatic rings.